The standard InChI is InChI=1S/C7H11N2OS.BF4/c1-2-4-9(5-3-1)7-10-6-8-11-7;2-1(3,4)5/h6H,1-5H2;/q+1;-1. The summed E-state index contributed by atoms with van der Waals surface area (Å²) in [6, 6.07) is 0. The zero-order valence-electron chi connectivity index (χ0n) is 8.41. The first-order chi connectivity index (χ1) is 7.47. The fourth-order valence-electron chi connectivity index (χ4n) is 1.36. The molecule has 1 aromatic heterocycles. The second-order valence-electron chi connectivity index (χ2n) is 3.23. The molecule has 92 valence electrons. The van der Waals surface area contributed by atoms with E-state index in [4.69, 9.17) is 4.42 Å². The summed E-state index contributed by atoms with van der Waals surface area (Å²) in [5.41, 5.74) is 0. The quantitative estimate of drug-likeness (QED) is 0.404. The molecule has 1 aromatic rings. The van der Waals surface area contributed by atoms with Crippen LogP contribution in [0.15, 0.2) is 10.8 Å². The van der Waals surface area contributed by atoms with Gasteiger partial charge in [-0.1, -0.05) is 0 Å². The van der Waals surface area contributed by atoms with E-state index in [2.05, 4.69) is 8.95 Å². The molecule has 9 heteroatoms. The molecular weight excluding hydrogens is 247 g/mol. The highest BCUT2D eigenvalue weighted by molar-refractivity contribution is 7.02. The Morgan fingerprint density at radius 1 is 1.19 bits per heavy atom. The van der Waals surface area contributed by atoms with Crippen LogP contribution in [0.25, 0.3) is 0 Å². The van der Waals surface area contributed by atoms with Crippen LogP contribution in [0.5, 0.6) is 0 Å². The van der Waals surface area contributed by atoms with E-state index in [1.165, 1.54) is 37.2 Å². The van der Waals surface area contributed by atoms with Gasteiger partial charge in [0, 0.05) is 12.8 Å². The number of nitrogens with zero attached hydrogens (tertiary/aromatic N) is 2. The molecule has 0 N–H and O–H groups in total. The molecule has 2 heterocycles. The van der Waals surface area contributed by atoms with Crippen LogP contribution in [0, 0.1) is 0 Å². The third-order valence-corrected chi connectivity index (χ3v) is 2.64. The average Bonchev–Trinajstić information content (AvgIpc) is 2.69. The van der Waals surface area contributed by atoms with Crippen molar-refractivity contribution in [2.75, 3.05) is 13.1 Å². The van der Waals surface area contributed by atoms with E-state index in [9.17, 15) is 17.3 Å². The highest BCUT2D eigenvalue weighted by atomic mass is 32.1. The zero-order chi connectivity index (χ0) is 12.0. The second kappa shape index (κ2) is 6.02. The molecule has 0 saturated carbocycles. The molecule has 0 unspecified atom stereocenters. The third kappa shape index (κ3) is 5.89. The van der Waals surface area contributed by atoms with Gasteiger partial charge in [-0.3, -0.25) is 0 Å². The number of aromatic nitrogens is 1. The fraction of sp³-hybridized carbons (Fsp3) is 0.714. The molecule has 0 spiro atoms. The molecular formula is C7H11BF4N2OS. The van der Waals surface area contributed by atoms with Gasteiger partial charge >= 0.3 is 12.1 Å². The molecule has 0 bridgehead atoms. The van der Waals surface area contributed by atoms with Crippen molar-refractivity contribution in [1.82, 2.24) is 8.95 Å². The van der Waals surface area contributed by atoms with Crippen molar-refractivity contribution in [2.24, 2.45) is 0 Å². The van der Waals surface area contributed by atoms with Gasteiger partial charge < -0.3 is 21.7 Å². The summed E-state index contributed by atoms with van der Waals surface area (Å²) < 4.78 is 50.4. The Morgan fingerprint density at radius 3 is 2.19 bits per heavy atom. The lowest BCUT2D eigenvalue weighted by Gasteiger charge is -2.06. The Morgan fingerprint density at radius 2 is 1.75 bits per heavy atom. The molecule has 0 atom stereocenters. The van der Waals surface area contributed by atoms with Gasteiger partial charge in [-0.2, -0.15) is 8.95 Å². The molecule has 1 fully saturated rings. The van der Waals surface area contributed by atoms with E-state index >= 15 is 0 Å². The van der Waals surface area contributed by atoms with Crippen LogP contribution >= 0.6 is 11.5 Å². The molecule has 1 aliphatic heterocycles. The Kier molecular flexibility index (Phi) is 4.97. The Hall–Kier alpha value is -0.855. The highest BCUT2D eigenvalue weighted by Crippen LogP contribution is 2.06. The summed E-state index contributed by atoms with van der Waals surface area (Å²) in [4.78, 5) is 0.963. The predicted molar refractivity (Wildman–Crippen MR) is 53.4 cm³/mol. The maximum absolute atomic E-state index is 9.75. The number of hydrogen-bond acceptors (Lipinski definition) is 3. The zero-order valence-corrected chi connectivity index (χ0v) is 9.23. The van der Waals surface area contributed by atoms with Crippen molar-refractivity contribution in [3.05, 3.63) is 11.3 Å². The second-order valence-corrected chi connectivity index (χ2v) is 3.97. The number of hydrogen-bond donors (Lipinski definition) is 0. The monoisotopic (exact) mass is 258 g/mol. The first kappa shape index (κ1) is 13.2. The van der Waals surface area contributed by atoms with Crippen molar-refractivity contribution in [3.63, 3.8) is 0 Å². The molecule has 3 nitrogen and oxygen atoms in total. The van der Waals surface area contributed by atoms with E-state index in [1.54, 1.807) is 0 Å². The van der Waals surface area contributed by atoms with Gasteiger partial charge in [-0.05, 0) is 6.42 Å². The van der Waals surface area contributed by atoms with Crippen LogP contribution in [-0.4, -0.2) is 24.7 Å². The molecule has 2 rings (SSSR count). The van der Waals surface area contributed by atoms with Gasteiger partial charge in [0.05, 0.1) is 11.5 Å². The Balaban J connectivity index is 0.000000221. The molecule has 0 aliphatic carbocycles. The normalized spacial score (nSPS) is 16.6. The van der Waals surface area contributed by atoms with Crippen molar-refractivity contribution in [3.8, 4) is 0 Å². The summed E-state index contributed by atoms with van der Waals surface area (Å²) in [6.45, 7) is 2.26. The maximum atomic E-state index is 9.75. The Bertz CT molecular complexity index is 344. The summed E-state index contributed by atoms with van der Waals surface area (Å²) in [5, 5.41) is 0. The topological polar surface area (TPSA) is 29.0 Å². The largest absolute Gasteiger partial charge is 0.673 e. The summed E-state index contributed by atoms with van der Waals surface area (Å²) >= 11 is 1.44. The highest BCUT2D eigenvalue weighted by Gasteiger charge is 2.20. The minimum absolute atomic E-state index is 0.963. The van der Waals surface area contributed by atoms with Crippen molar-refractivity contribution in [1.29, 1.82) is 0 Å². The van der Waals surface area contributed by atoms with Crippen molar-refractivity contribution >= 4 is 18.8 Å². The summed E-state index contributed by atoms with van der Waals surface area (Å²) in [5.74, 6) is 0. The van der Waals surface area contributed by atoms with E-state index in [1.807, 2.05) is 0 Å². The molecule has 0 amide bonds. The smallest absolute Gasteiger partial charge is 0.418 e. The Labute approximate surface area is 93.7 Å². The van der Waals surface area contributed by atoms with Crippen LogP contribution in [-0.2, 0) is 0 Å². The van der Waals surface area contributed by atoms with E-state index in [0.29, 0.717) is 0 Å². The fourth-order valence-corrected chi connectivity index (χ4v) is 1.92. The van der Waals surface area contributed by atoms with Gasteiger partial charge in [0.15, 0.2) is 6.39 Å². The molecule has 1 aliphatic rings. The van der Waals surface area contributed by atoms with Crippen LogP contribution < -0.4 is 9.44 Å². The number of halogens is 4. The molecule has 0 aromatic carbocycles. The average molecular weight is 258 g/mol. The van der Waals surface area contributed by atoms with Gasteiger partial charge in [-0.15, -0.1) is 0 Å². The summed E-state index contributed by atoms with van der Waals surface area (Å²) in [7, 11) is -6.00. The third-order valence-electron chi connectivity index (χ3n) is 1.94. The van der Waals surface area contributed by atoms with E-state index in [0.717, 1.165) is 18.0 Å². The van der Waals surface area contributed by atoms with Crippen molar-refractivity contribution < 1.29 is 21.7 Å². The van der Waals surface area contributed by atoms with Crippen LogP contribution in [0.4, 0.5) is 17.3 Å². The lowest BCUT2D eigenvalue weighted by molar-refractivity contribution is 0.368. The van der Waals surface area contributed by atoms with E-state index < -0.39 is 7.25 Å². The maximum Gasteiger partial charge on any atom is 0.673 e. The van der Waals surface area contributed by atoms with Gasteiger partial charge in [0.1, 0.15) is 13.1 Å². The lowest BCUT2D eigenvalue weighted by Crippen LogP contribution is -2.32. The number of piperidine rings is 1. The summed E-state index contributed by atoms with van der Waals surface area (Å²) in [6.07, 6.45) is 5.44. The molecule has 16 heavy (non-hydrogen) atoms. The molecule has 0 radical (unpaired) electrons. The molecule has 1 saturated heterocycles. The minimum atomic E-state index is -6.00. The van der Waals surface area contributed by atoms with Crippen LogP contribution in [0.1, 0.15) is 19.3 Å². The van der Waals surface area contributed by atoms with Gasteiger partial charge in [-0.25, -0.2) is 0 Å². The number of rotatable bonds is 0. The van der Waals surface area contributed by atoms with Crippen molar-refractivity contribution in [2.45, 2.75) is 19.3 Å². The van der Waals surface area contributed by atoms with Gasteiger partial charge in [0.25, 0.3) is 0 Å². The minimum Gasteiger partial charge on any atom is -0.418 e. The van der Waals surface area contributed by atoms with E-state index in [-0.39, 0.29) is 0 Å². The SMILES string of the molecule is F[B-](F)(F)F.c1nsc(=[N+]2CCCCC2)o1. The van der Waals surface area contributed by atoms with Crippen LogP contribution in [0.3, 0.4) is 0 Å². The van der Waals surface area contributed by atoms with Crippen LogP contribution in [0.2, 0.25) is 0 Å². The predicted octanol–water partition coefficient (Wildman–Crippen LogP) is 1.99. The lowest BCUT2D eigenvalue weighted by atomic mass is 10.2. The van der Waals surface area contributed by atoms with Gasteiger partial charge in [0.2, 0.25) is 0 Å². The first-order valence-corrected chi connectivity index (χ1v) is 5.59. The first-order valence-electron chi connectivity index (χ1n) is 4.81.